The standard InChI is InChI=1S/C24H30N4OS/c1-18-23(19(2)28(25-18)21-9-7-6-8-10-21)16-26(3)17-24(29)27(4)15-20-11-13-22(30-5)14-12-20/h6-14H,15-17H2,1-5H3/p+1. The maximum Gasteiger partial charge on any atom is 0.277 e. The zero-order valence-corrected chi connectivity index (χ0v) is 19.3. The lowest BCUT2D eigenvalue weighted by atomic mass is 10.2. The molecule has 0 aliphatic carbocycles. The molecular weight excluding hydrogens is 392 g/mol. The number of likely N-dealkylation sites (N-methyl/N-ethyl adjacent to an activating group) is 2. The zero-order chi connectivity index (χ0) is 21.7. The van der Waals surface area contributed by atoms with E-state index in [1.807, 2.05) is 41.8 Å². The third kappa shape index (κ3) is 5.32. The molecule has 1 atom stereocenters. The number of aryl methyl sites for hydroxylation is 1. The molecule has 158 valence electrons. The van der Waals surface area contributed by atoms with Gasteiger partial charge in [-0.1, -0.05) is 30.3 Å². The van der Waals surface area contributed by atoms with E-state index in [1.54, 1.807) is 11.8 Å². The molecule has 0 saturated heterocycles. The van der Waals surface area contributed by atoms with Crippen molar-refractivity contribution in [1.82, 2.24) is 14.7 Å². The lowest BCUT2D eigenvalue weighted by Crippen LogP contribution is -3.08. The quantitative estimate of drug-likeness (QED) is 0.567. The van der Waals surface area contributed by atoms with Crippen LogP contribution in [0, 0.1) is 13.8 Å². The Morgan fingerprint density at radius 1 is 1.10 bits per heavy atom. The topological polar surface area (TPSA) is 42.6 Å². The fourth-order valence-corrected chi connectivity index (χ4v) is 4.01. The number of aromatic nitrogens is 2. The minimum Gasteiger partial charge on any atom is -0.337 e. The highest BCUT2D eigenvalue weighted by atomic mass is 32.2. The van der Waals surface area contributed by atoms with Crippen LogP contribution in [0.2, 0.25) is 0 Å². The largest absolute Gasteiger partial charge is 0.337 e. The van der Waals surface area contributed by atoms with Gasteiger partial charge in [0.25, 0.3) is 5.91 Å². The highest BCUT2D eigenvalue weighted by Crippen LogP contribution is 2.17. The third-order valence-electron chi connectivity index (χ3n) is 5.38. The molecule has 0 aliphatic heterocycles. The molecule has 0 fully saturated rings. The van der Waals surface area contributed by atoms with Crippen molar-refractivity contribution in [3.8, 4) is 5.69 Å². The molecule has 0 saturated carbocycles. The molecule has 1 aromatic heterocycles. The van der Waals surface area contributed by atoms with E-state index in [9.17, 15) is 4.79 Å². The second-order valence-electron chi connectivity index (χ2n) is 7.81. The van der Waals surface area contributed by atoms with Crippen molar-refractivity contribution in [2.24, 2.45) is 0 Å². The predicted octanol–water partition coefficient (Wildman–Crippen LogP) is 2.88. The summed E-state index contributed by atoms with van der Waals surface area (Å²) in [6.07, 6.45) is 2.07. The summed E-state index contributed by atoms with van der Waals surface area (Å²) in [6.45, 7) is 6.00. The Morgan fingerprint density at radius 3 is 2.40 bits per heavy atom. The number of benzene rings is 2. The smallest absolute Gasteiger partial charge is 0.277 e. The monoisotopic (exact) mass is 423 g/mol. The first-order chi connectivity index (χ1) is 14.4. The molecule has 0 spiro atoms. The van der Waals surface area contributed by atoms with Crippen LogP contribution in [0.3, 0.4) is 0 Å². The van der Waals surface area contributed by atoms with Crippen molar-refractivity contribution in [3.63, 3.8) is 0 Å². The molecule has 3 rings (SSSR count). The number of carbonyl (C=O) groups excluding carboxylic acids is 1. The van der Waals surface area contributed by atoms with Crippen LogP contribution < -0.4 is 4.90 Å². The molecule has 1 heterocycles. The number of rotatable bonds is 8. The first-order valence-corrected chi connectivity index (χ1v) is 11.4. The minimum absolute atomic E-state index is 0.146. The van der Waals surface area contributed by atoms with Gasteiger partial charge in [0.05, 0.1) is 29.7 Å². The van der Waals surface area contributed by atoms with Crippen LogP contribution in [0.15, 0.2) is 59.5 Å². The van der Waals surface area contributed by atoms with Gasteiger partial charge in [-0.05, 0) is 49.9 Å². The highest BCUT2D eigenvalue weighted by Gasteiger charge is 2.20. The summed E-state index contributed by atoms with van der Waals surface area (Å²) in [5, 5.41) is 4.72. The van der Waals surface area contributed by atoms with Gasteiger partial charge in [0, 0.05) is 18.5 Å². The molecule has 0 radical (unpaired) electrons. The number of amides is 1. The van der Waals surface area contributed by atoms with E-state index in [2.05, 4.69) is 56.6 Å². The summed E-state index contributed by atoms with van der Waals surface area (Å²) in [6, 6.07) is 18.6. The summed E-state index contributed by atoms with van der Waals surface area (Å²) >= 11 is 1.72. The summed E-state index contributed by atoms with van der Waals surface area (Å²) in [5.74, 6) is 0.146. The summed E-state index contributed by atoms with van der Waals surface area (Å²) in [7, 11) is 3.94. The van der Waals surface area contributed by atoms with Gasteiger partial charge >= 0.3 is 0 Å². The first kappa shape index (κ1) is 22.1. The van der Waals surface area contributed by atoms with Gasteiger partial charge in [-0.2, -0.15) is 5.10 Å². The van der Waals surface area contributed by atoms with Crippen LogP contribution in [0.25, 0.3) is 5.69 Å². The second-order valence-corrected chi connectivity index (χ2v) is 8.68. The van der Waals surface area contributed by atoms with Gasteiger partial charge in [-0.3, -0.25) is 4.79 Å². The Kier molecular flexibility index (Phi) is 7.34. The van der Waals surface area contributed by atoms with E-state index in [0.717, 1.165) is 34.1 Å². The molecule has 3 aromatic rings. The Labute approximate surface area is 183 Å². The Balaban J connectivity index is 1.61. The van der Waals surface area contributed by atoms with Crippen LogP contribution >= 0.6 is 11.8 Å². The average molecular weight is 424 g/mol. The fraction of sp³-hybridized carbons (Fsp3) is 0.333. The van der Waals surface area contributed by atoms with Crippen LogP contribution in [-0.2, 0) is 17.9 Å². The molecular formula is C24H31N4OS+. The Morgan fingerprint density at radius 2 is 1.77 bits per heavy atom. The molecule has 2 aromatic carbocycles. The van der Waals surface area contributed by atoms with Crippen LogP contribution in [0.4, 0.5) is 0 Å². The number of nitrogens with one attached hydrogen (secondary N) is 1. The van der Waals surface area contributed by atoms with Crippen molar-refractivity contribution >= 4 is 17.7 Å². The van der Waals surface area contributed by atoms with E-state index in [0.29, 0.717) is 13.1 Å². The van der Waals surface area contributed by atoms with E-state index in [-0.39, 0.29) is 5.91 Å². The van der Waals surface area contributed by atoms with Crippen molar-refractivity contribution in [3.05, 3.63) is 77.1 Å². The van der Waals surface area contributed by atoms with Crippen LogP contribution in [0.5, 0.6) is 0 Å². The Hall–Kier alpha value is -2.57. The maximum absolute atomic E-state index is 12.7. The number of carbonyl (C=O) groups is 1. The number of nitrogens with zero attached hydrogens (tertiary/aromatic N) is 3. The van der Waals surface area contributed by atoms with Crippen LogP contribution in [-0.4, -0.2) is 47.5 Å². The lowest BCUT2D eigenvalue weighted by molar-refractivity contribution is -0.885. The molecule has 1 N–H and O–H groups in total. The van der Waals surface area contributed by atoms with Crippen LogP contribution in [0.1, 0.15) is 22.5 Å². The van der Waals surface area contributed by atoms with Gasteiger partial charge < -0.3 is 9.80 Å². The van der Waals surface area contributed by atoms with E-state index >= 15 is 0 Å². The first-order valence-electron chi connectivity index (χ1n) is 10.2. The molecule has 0 aliphatic rings. The molecule has 1 amide bonds. The number of hydrogen-bond acceptors (Lipinski definition) is 3. The van der Waals surface area contributed by atoms with E-state index in [4.69, 9.17) is 5.10 Å². The summed E-state index contributed by atoms with van der Waals surface area (Å²) < 4.78 is 1.99. The van der Waals surface area contributed by atoms with Gasteiger partial charge in [0.15, 0.2) is 6.54 Å². The molecule has 1 unspecified atom stereocenters. The second kappa shape index (κ2) is 9.96. The van der Waals surface area contributed by atoms with Crippen molar-refractivity contribution in [2.75, 3.05) is 26.9 Å². The average Bonchev–Trinajstić information content (AvgIpc) is 3.03. The van der Waals surface area contributed by atoms with Gasteiger partial charge in [-0.25, -0.2) is 4.68 Å². The fourth-order valence-electron chi connectivity index (χ4n) is 3.60. The van der Waals surface area contributed by atoms with E-state index in [1.165, 1.54) is 10.5 Å². The SMILES string of the molecule is CSc1ccc(CN(C)C(=O)C[NH+](C)Cc2c(C)nn(-c3ccccc3)c2C)cc1. The number of thioether (sulfide) groups is 1. The van der Waals surface area contributed by atoms with E-state index < -0.39 is 0 Å². The number of quaternary nitrogens is 1. The molecule has 0 bridgehead atoms. The van der Waals surface area contributed by atoms with Gasteiger partial charge in [-0.15, -0.1) is 11.8 Å². The summed E-state index contributed by atoms with van der Waals surface area (Å²) in [5.41, 5.74) is 5.57. The highest BCUT2D eigenvalue weighted by molar-refractivity contribution is 7.98. The van der Waals surface area contributed by atoms with Crippen molar-refractivity contribution < 1.29 is 9.69 Å². The number of para-hydroxylation sites is 1. The van der Waals surface area contributed by atoms with Crippen molar-refractivity contribution in [1.29, 1.82) is 0 Å². The molecule has 6 heteroatoms. The maximum atomic E-state index is 12.7. The third-order valence-corrected chi connectivity index (χ3v) is 6.12. The van der Waals surface area contributed by atoms with Crippen molar-refractivity contribution in [2.45, 2.75) is 31.8 Å². The molecule has 5 nitrogen and oxygen atoms in total. The number of hydrogen-bond donors (Lipinski definition) is 1. The normalized spacial score (nSPS) is 12.0. The van der Waals surface area contributed by atoms with Gasteiger partial charge in [0.1, 0.15) is 6.54 Å². The lowest BCUT2D eigenvalue weighted by Gasteiger charge is -2.20. The molecule has 30 heavy (non-hydrogen) atoms. The zero-order valence-electron chi connectivity index (χ0n) is 18.5. The predicted molar refractivity (Wildman–Crippen MR) is 123 cm³/mol. The Bertz CT molecular complexity index is 982. The summed E-state index contributed by atoms with van der Waals surface area (Å²) in [4.78, 5) is 16.9. The van der Waals surface area contributed by atoms with Gasteiger partial charge in [0.2, 0.25) is 0 Å². The minimum atomic E-state index is 0.146.